The van der Waals surface area contributed by atoms with E-state index in [0.29, 0.717) is 6.61 Å². The number of hydrogen-bond acceptors (Lipinski definition) is 4. The van der Waals surface area contributed by atoms with Crippen LogP contribution < -0.4 is 5.32 Å². The smallest absolute Gasteiger partial charge is 0.105 e. The van der Waals surface area contributed by atoms with Crippen LogP contribution in [-0.2, 0) is 22.6 Å². The van der Waals surface area contributed by atoms with Crippen molar-refractivity contribution in [2.45, 2.75) is 38.1 Å². The van der Waals surface area contributed by atoms with E-state index < -0.39 is 0 Å². The average molecular weight is 234 g/mol. The molecule has 2 fully saturated rings. The third-order valence-electron chi connectivity index (χ3n) is 3.21. The molecule has 1 N–H and O–H groups in total. The van der Waals surface area contributed by atoms with E-state index in [2.05, 4.69) is 16.4 Å². The highest BCUT2D eigenvalue weighted by Crippen LogP contribution is 2.20. The third-order valence-corrected chi connectivity index (χ3v) is 3.21. The molecule has 2 heterocycles. The Morgan fingerprint density at radius 1 is 1.41 bits per heavy atom. The summed E-state index contributed by atoms with van der Waals surface area (Å²) in [5.41, 5.74) is 2.30. The fourth-order valence-corrected chi connectivity index (χ4v) is 1.81. The zero-order chi connectivity index (χ0) is 11.5. The van der Waals surface area contributed by atoms with Gasteiger partial charge >= 0.3 is 0 Å². The predicted octanol–water partition coefficient (Wildman–Crippen LogP) is 1.25. The van der Waals surface area contributed by atoms with Crippen molar-refractivity contribution in [1.82, 2.24) is 10.3 Å². The molecule has 1 saturated carbocycles. The van der Waals surface area contributed by atoms with Crippen molar-refractivity contribution >= 4 is 0 Å². The van der Waals surface area contributed by atoms with Crippen LogP contribution in [0.3, 0.4) is 0 Å². The van der Waals surface area contributed by atoms with Crippen LogP contribution in [0, 0.1) is 0 Å². The molecule has 17 heavy (non-hydrogen) atoms. The highest BCUT2D eigenvalue weighted by atomic mass is 16.6. The summed E-state index contributed by atoms with van der Waals surface area (Å²) in [7, 11) is 0. The zero-order valence-corrected chi connectivity index (χ0v) is 9.89. The van der Waals surface area contributed by atoms with Gasteiger partial charge in [0.2, 0.25) is 0 Å². The van der Waals surface area contributed by atoms with Crippen LogP contribution in [0.5, 0.6) is 0 Å². The van der Waals surface area contributed by atoms with E-state index in [0.717, 1.165) is 31.5 Å². The van der Waals surface area contributed by atoms with Crippen molar-refractivity contribution < 1.29 is 9.47 Å². The maximum absolute atomic E-state index is 5.71. The quantitative estimate of drug-likeness (QED) is 0.804. The Morgan fingerprint density at radius 2 is 2.29 bits per heavy atom. The Balaban J connectivity index is 1.55. The van der Waals surface area contributed by atoms with E-state index >= 15 is 0 Å². The summed E-state index contributed by atoms with van der Waals surface area (Å²) in [6.07, 6.45) is 4.72. The molecule has 1 aliphatic heterocycles. The number of pyridine rings is 1. The summed E-state index contributed by atoms with van der Waals surface area (Å²) in [6.45, 7) is 2.94. The number of rotatable bonds is 6. The van der Waals surface area contributed by atoms with Crippen molar-refractivity contribution in [3.8, 4) is 0 Å². The maximum atomic E-state index is 5.71. The Bertz CT molecular complexity index is 375. The normalized spacial score (nSPS) is 20.2. The molecule has 4 nitrogen and oxygen atoms in total. The van der Waals surface area contributed by atoms with Gasteiger partial charge in [-0.3, -0.25) is 4.98 Å². The molecule has 0 aromatic carbocycles. The van der Waals surface area contributed by atoms with Gasteiger partial charge in [0, 0.05) is 18.8 Å². The summed E-state index contributed by atoms with van der Waals surface area (Å²) >= 11 is 0. The molecule has 4 heteroatoms. The Hall–Kier alpha value is -0.970. The molecular weight excluding hydrogens is 216 g/mol. The molecule has 0 bridgehead atoms. The van der Waals surface area contributed by atoms with E-state index in [1.54, 1.807) is 0 Å². The maximum Gasteiger partial charge on any atom is 0.105 e. The van der Waals surface area contributed by atoms with E-state index in [-0.39, 0.29) is 6.10 Å². The number of ether oxygens (including phenoxy) is 2. The summed E-state index contributed by atoms with van der Waals surface area (Å²) in [5.74, 6) is 0. The summed E-state index contributed by atoms with van der Waals surface area (Å²) in [6, 6.07) is 4.84. The lowest BCUT2D eigenvalue weighted by Crippen LogP contribution is -2.36. The Kier molecular flexibility index (Phi) is 3.36. The molecule has 92 valence electrons. The molecule has 0 radical (unpaired) electrons. The van der Waals surface area contributed by atoms with Gasteiger partial charge in [-0.1, -0.05) is 6.07 Å². The topological polar surface area (TPSA) is 43.4 Å². The number of aromatic nitrogens is 1. The molecular formula is C13H18N2O2. The first-order valence-electron chi connectivity index (χ1n) is 6.27. The van der Waals surface area contributed by atoms with E-state index in [1.165, 1.54) is 18.4 Å². The Morgan fingerprint density at radius 3 is 3.00 bits per heavy atom. The van der Waals surface area contributed by atoms with Gasteiger partial charge in [0.15, 0.2) is 0 Å². The fraction of sp³-hybridized carbons (Fsp3) is 0.615. The molecule has 0 spiro atoms. The molecule has 0 amide bonds. The molecule has 0 unspecified atom stereocenters. The average Bonchev–Trinajstić information content (AvgIpc) is 3.09. The molecule has 2 aliphatic rings. The lowest BCUT2D eigenvalue weighted by atomic mass is 10.2. The second kappa shape index (κ2) is 5.12. The molecule has 1 aliphatic carbocycles. The molecule has 1 saturated heterocycles. The minimum Gasteiger partial charge on any atom is -0.376 e. The summed E-state index contributed by atoms with van der Waals surface area (Å²) in [4.78, 5) is 4.40. The van der Waals surface area contributed by atoms with E-state index in [9.17, 15) is 0 Å². The lowest BCUT2D eigenvalue weighted by molar-refractivity contribution is -0.136. The molecule has 1 aromatic heterocycles. The molecule has 1 aromatic rings. The van der Waals surface area contributed by atoms with Gasteiger partial charge < -0.3 is 14.8 Å². The number of hydrogen-bond donors (Lipinski definition) is 1. The summed E-state index contributed by atoms with van der Waals surface area (Å²) < 4.78 is 10.8. The number of nitrogens with one attached hydrogen (secondary N) is 1. The van der Waals surface area contributed by atoms with Gasteiger partial charge in [-0.2, -0.15) is 0 Å². The minimum atomic E-state index is 0.265. The standard InChI is InChI=1S/C13H18N2O2/c1-2-10(6-15-11-3-4-11)13(14-5-1)9-17-12-7-16-8-12/h1-2,5,11-12,15H,3-4,6-9H2. The van der Waals surface area contributed by atoms with Crippen LogP contribution >= 0.6 is 0 Å². The summed E-state index contributed by atoms with van der Waals surface area (Å²) in [5, 5.41) is 3.51. The largest absolute Gasteiger partial charge is 0.376 e. The van der Waals surface area contributed by atoms with Crippen LogP contribution in [0.1, 0.15) is 24.1 Å². The predicted molar refractivity (Wildman–Crippen MR) is 63.5 cm³/mol. The van der Waals surface area contributed by atoms with Crippen LogP contribution in [0.4, 0.5) is 0 Å². The first-order chi connectivity index (χ1) is 8.42. The van der Waals surface area contributed by atoms with Gasteiger partial charge in [0.1, 0.15) is 6.10 Å². The highest BCUT2D eigenvalue weighted by Gasteiger charge is 2.21. The van der Waals surface area contributed by atoms with Crippen LogP contribution in [-0.4, -0.2) is 30.3 Å². The van der Waals surface area contributed by atoms with Gasteiger partial charge in [0.25, 0.3) is 0 Å². The monoisotopic (exact) mass is 234 g/mol. The van der Waals surface area contributed by atoms with E-state index in [4.69, 9.17) is 9.47 Å². The van der Waals surface area contributed by atoms with Gasteiger partial charge in [-0.25, -0.2) is 0 Å². The fourth-order valence-electron chi connectivity index (χ4n) is 1.81. The van der Waals surface area contributed by atoms with Crippen molar-refractivity contribution in [2.75, 3.05) is 13.2 Å². The highest BCUT2D eigenvalue weighted by molar-refractivity contribution is 5.19. The minimum absolute atomic E-state index is 0.265. The van der Waals surface area contributed by atoms with Crippen molar-refractivity contribution in [3.05, 3.63) is 29.6 Å². The van der Waals surface area contributed by atoms with Crippen molar-refractivity contribution in [1.29, 1.82) is 0 Å². The SMILES string of the molecule is c1cnc(COC2COC2)c(CNC2CC2)c1. The third kappa shape index (κ3) is 3.03. The Labute approximate surface area is 101 Å². The van der Waals surface area contributed by atoms with Gasteiger partial charge in [-0.05, 0) is 24.5 Å². The van der Waals surface area contributed by atoms with E-state index in [1.807, 2.05) is 12.3 Å². The second-order valence-corrected chi connectivity index (χ2v) is 4.73. The molecule has 0 atom stereocenters. The molecule has 3 rings (SSSR count). The first kappa shape index (κ1) is 11.1. The van der Waals surface area contributed by atoms with Crippen molar-refractivity contribution in [3.63, 3.8) is 0 Å². The van der Waals surface area contributed by atoms with Gasteiger partial charge in [0.05, 0.1) is 25.5 Å². The second-order valence-electron chi connectivity index (χ2n) is 4.73. The first-order valence-corrected chi connectivity index (χ1v) is 6.27. The lowest BCUT2D eigenvalue weighted by Gasteiger charge is -2.26. The number of nitrogens with zero attached hydrogens (tertiary/aromatic N) is 1. The van der Waals surface area contributed by atoms with Crippen LogP contribution in [0.25, 0.3) is 0 Å². The van der Waals surface area contributed by atoms with Crippen molar-refractivity contribution in [2.24, 2.45) is 0 Å². The van der Waals surface area contributed by atoms with Crippen LogP contribution in [0.2, 0.25) is 0 Å². The van der Waals surface area contributed by atoms with Crippen LogP contribution in [0.15, 0.2) is 18.3 Å². The van der Waals surface area contributed by atoms with Gasteiger partial charge in [-0.15, -0.1) is 0 Å². The zero-order valence-electron chi connectivity index (χ0n) is 9.89.